The van der Waals surface area contributed by atoms with Gasteiger partial charge in [0.1, 0.15) is 5.82 Å². The minimum atomic E-state index is -3.28. The molecule has 0 radical (unpaired) electrons. The number of halogens is 2. The SMILES string of the molecule is CC(=O)c1cnc(C)nc1C1CCN(C(=O)O)CC1(F)F. The number of piperidine rings is 1. The standard InChI is InChI=1S/C13H15F2N3O3/c1-7(19)9-5-16-8(2)17-11(9)10-3-4-18(12(20)21)6-13(10,14)15/h5,10H,3-4,6H2,1-2H3,(H,20,21). The van der Waals surface area contributed by atoms with Crippen LogP contribution < -0.4 is 0 Å². The number of rotatable bonds is 2. The molecule has 1 aliphatic heterocycles. The van der Waals surface area contributed by atoms with Gasteiger partial charge < -0.3 is 10.0 Å². The van der Waals surface area contributed by atoms with Gasteiger partial charge in [-0.1, -0.05) is 0 Å². The Balaban J connectivity index is 2.40. The first-order chi connectivity index (χ1) is 9.72. The molecule has 1 aliphatic rings. The van der Waals surface area contributed by atoms with Crippen molar-refractivity contribution in [1.82, 2.24) is 14.9 Å². The molecule has 1 saturated heterocycles. The molecule has 0 aromatic carbocycles. The highest BCUT2D eigenvalue weighted by atomic mass is 19.3. The number of carbonyl (C=O) groups excluding carboxylic acids is 1. The van der Waals surface area contributed by atoms with E-state index in [1.807, 2.05) is 0 Å². The molecule has 0 saturated carbocycles. The van der Waals surface area contributed by atoms with Gasteiger partial charge in [-0.25, -0.2) is 23.5 Å². The fourth-order valence-corrected chi connectivity index (χ4v) is 2.46. The zero-order valence-electron chi connectivity index (χ0n) is 11.6. The predicted molar refractivity (Wildman–Crippen MR) is 68.7 cm³/mol. The van der Waals surface area contributed by atoms with Crippen molar-refractivity contribution in [2.75, 3.05) is 13.1 Å². The number of carbonyl (C=O) groups is 2. The van der Waals surface area contributed by atoms with Crippen LogP contribution in [-0.2, 0) is 0 Å². The summed E-state index contributed by atoms with van der Waals surface area (Å²) in [5.41, 5.74) is 0.0686. The van der Waals surface area contributed by atoms with E-state index in [9.17, 15) is 18.4 Å². The van der Waals surface area contributed by atoms with Gasteiger partial charge in [0.25, 0.3) is 5.92 Å². The van der Waals surface area contributed by atoms with Gasteiger partial charge in [-0.2, -0.15) is 0 Å². The monoisotopic (exact) mass is 299 g/mol. The molecule has 1 atom stereocenters. The molecule has 0 bridgehead atoms. The van der Waals surface area contributed by atoms with Crippen molar-refractivity contribution in [3.8, 4) is 0 Å². The number of alkyl halides is 2. The van der Waals surface area contributed by atoms with E-state index in [0.29, 0.717) is 10.7 Å². The Bertz CT molecular complexity index is 592. The van der Waals surface area contributed by atoms with Crippen molar-refractivity contribution in [3.05, 3.63) is 23.3 Å². The van der Waals surface area contributed by atoms with Crippen LogP contribution in [0.25, 0.3) is 0 Å². The fraction of sp³-hybridized carbons (Fsp3) is 0.538. The molecule has 1 N–H and O–H groups in total. The lowest BCUT2D eigenvalue weighted by molar-refractivity contribution is -0.0773. The summed E-state index contributed by atoms with van der Waals surface area (Å²) in [6.07, 6.45) is -0.214. The lowest BCUT2D eigenvalue weighted by atomic mass is 9.87. The van der Waals surface area contributed by atoms with Gasteiger partial charge in [-0.05, 0) is 20.3 Å². The van der Waals surface area contributed by atoms with Gasteiger partial charge in [0, 0.05) is 12.7 Å². The van der Waals surface area contributed by atoms with Crippen LogP contribution in [0.15, 0.2) is 6.20 Å². The molecule has 6 nitrogen and oxygen atoms in total. The number of aryl methyl sites for hydroxylation is 1. The van der Waals surface area contributed by atoms with Crippen LogP contribution in [0.2, 0.25) is 0 Å². The first-order valence-electron chi connectivity index (χ1n) is 6.42. The number of amides is 1. The Morgan fingerprint density at radius 3 is 2.67 bits per heavy atom. The van der Waals surface area contributed by atoms with Crippen LogP contribution in [0, 0.1) is 6.92 Å². The Morgan fingerprint density at radius 1 is 1.48 bits per heavy atom. The van der Waals surface area contributed by atoms with Crippen molar-refractivity contribution in [2.45, 2.75) is 32.1 Å². The van der Waals surface area contributed by atoms with Gasteiger partial charge in [-0.3, -0.25) is 4.79 Å². The van der Waals surface area contributed by atoms with E-state index in [-0.39, 0.29) is 30.0 Å². The van der Waals surface area contributed by atoms with Crippen molar-refractivity contribution in [3.63, 3.8) is 0 Å². The summed E-state index contributed by atoms with van der Waals surface area (Å²) >= 11 is 0. The van der Waals surface area contributed by atoms with Gasteiger partial charge in [0.05, 0.1) is 23.7 Å². The fourth-order valence-electron chi connectivity index (χ4n) is 2.46. The second-order valence-electron chi connectivity index (χ2n) is 5.08. The Morgan fingerprint density at radius 2 is 2.14 bits per heavy atom. The van der Waals surface area contributed by atoms with Crippen molar-refractivity contribution >= 4 is 11.9 Å². The van der Waals surface area contributed by atoms with Gasteiger partial charge in [0.15, 0.2) is 5.78 Å². The smallest absolute Gasteiger partial charge is 0.407 e. The third kappa shape index (κ3) is 2.98. The lowest BCUT2D eigenvalue weighted by Crippen LogP contribution is -2.49. The molecule has 2 rings (SSSR count). The third-order valence-electron chi connectivity index (χ3n) is 3.52. The lowest BCUT2D eigenvalue weighted by Gasteiger charge is -2.37. The molecular weight excluding hydrogens is 284 g/mol. The molecule has 114 valence electrons. The largest absolute Gasteiger partial charge is 0.465 e. The van der Waals surface area contributed by atoms with Crippen molar-refractivity contribution < 1.29 is 23.5 Å². The molecular formula is C13H15F2N3O3. The van der Waals surface area contributed by atoms with Crippen LogP contribution in [0.3, 0.4) is 0 Å². The molecule has 8 heteroatoms. The number of hydrogen-bond donors (Lipinski definition) is 1. The van der Waals surface area contributed by atoms with E-state index in [2.05, 4.69) is 9.97 Å². The average molecular weight is 299 g/mol. The van der Waals surface area contributed by atoms with Crippen LogP contribution >= 0.6 is 0 Å². The second kappa shape index (κ2) is 5.34. The summed E-state index contributed by atoms with van der Waals surface area (Å²) < 4.78 is 28.5. The first kappa shape index (κ1) is 15.3. The summed E-state index contributed by atoms with van der Waals surface area (Å²) in [6.45, 7) is 1.91. The summed E-state index contributed by atoms with van der Waals surface area (Å²) in [5, 5.41) is 8.83. The number of hydrogen-bond acceptors (Lipinski definition) is 4. The zero-order chi connectivity index (χ0) is 15.8. The van der Waals surface area contributed by atoms with Gasteiger partial charge in [0.2, 0.25) is 0 Å². The highest BCUT2D eigenvalue weighted by Crippen LogP contribution is 2.40. The highest BCUT2D eigenvalue weighted by Gasteiger charge is 2.48. The molecule has 0 aliphatic carbocycles. The highest BCUT2D eigenvalue weighted by molar-refractivity contribution is 5.95. The molecule has 1 aromatic rings. The summed E-state index contributed by atoms with van der Waals surface area (Å²) in [5.74, 6) is -4.65. The first-order valence-corrected chi connectivity index (χ1v) is 6.42. The number of nitrogens with zero attached hydrogens (tertiary/aromatic N) is 3. The van der Waals surface area contributed by atoms with Crippen LogP contribution in [-0.4, -0.2) is 50.9 Å². The van der Waals surface area contributed by atoms with E-state index in [1.165, 1.54) is 13.1 Å². The van der Waals surface area contributed by atoms with E-state index in [0.717, 1.165) is 0 Å². The van der Waals surface area contributed by atoms with E-state index >= 15 is 0 Å². The van der Waals surface area contributed by atoms with Gasteiger partial charge >= 0.3 is 6.09 Å². The number of ketones is 1. The van der Waals surface area contributed by atoms with Gasteiger partial charge in [-0.15, -0.1) is 0 Å². The molecule has 1 unspecified atom stereocenters. The van der Waals surface area contributed by atoms with Crippen LogP contribution in [0.4, 0.5) is 13.6 Å². The molecule has 0 spiro atoms. The molecule has 1 amide bonds. The normalized spacial score (nSPS) is 21.1. The minimum Gasteiger partial charge on any atom is -0.465 e. The number of aromatic nitrogens is 2. The maximum atomic E-state index is 14.3. The molecule has 21 heavy (non-hydrogen) atoms. The molecule has 1 fully saturated rings. The van der Waals surface area contributed by atoms with Crippen molar-refractivity contribution in [2.24, 2.45) is 0 Å². The summed E-state index contributed by atoms with van der Waals surface area (Å²) in [7, 11) is 0. The average Bonchev–Trinajstić information content (AvgIpc) is 2.36. The molecule has 1 aromatic heterocycles. The Kier molecular flexibility index (Phi) is 3.89. The quantitative estimate of drug-likeness (QED) is 0.845. The topological polar surface area (TPSA) is 83.4 Å². The van der Waals surface area contributed by atoms with Crippen LogP contribution in [0.5, 0.6) is 0 Å². The number of Topliss-reactive ketones (excluding diaryl/α,β-unsaturated/α-hetero) is 1. The minimum absolute atomic E-state index is 0.00467. The van der Waals surface area contributed by atoms with Crippen molar-refractivity contribution in [1.29, 1.82) is 0 Å². The zero-order valence-corrected chi connectivity index (χ0v) is 11.6. The number of carboxylic acid groups (broad SMARTS) is 1. The maximum Gasteiger partial charge on any atom is 0.407 e. The summed E-state index contributed by atoms with van der Waals surface area (Å²) in [4.78, 5) is 31.0. The maximum absolute atomic E-state index is 14.3. The predicted octanol–water partition coefficient (Wildman–Crippen LogP) is 2.09. The molecule has 2 heterocycles. The summed E-state index contributed by atoms with van der Waals surface area (Å²) in [6, 6.07) is 0. The number of likely N-dealkylation sites (tertiary alicyclic amines) is 1. The van der Waals surface area contributed by atoms with E-state index in [1.54, 1.807) is 6.92 Å². The second-order valence-corrected chi connectivity index (χ2v) is 5.08. The Hall–Kier alpha value is -2.12. The van der Waals surface area contributed by atoms with E-state index in [4.69, 9.17) is 5.11 Å². The van der Waals surface area contributed by atoms with Crippen LogP contribution in [0.1, 0.15) is 41.1 Å². The third-order valence-corrected chi connectivity index (χ3v) is 3.52. The van der Waals surface area contributed by atoms with E-state index < -0.39 is 24.5 Å². The Labute approximate surface area is 119 Å².